The molecule has 0 radical (unpaired) electrons. The summed E-state index contributed by atoms with van der Waals surface area (Å²) in [6.07, 6.45) is 0.859. The molecular weight excluding hydrogens is 364 g/mol. The molecule has 3 rings (SSSR count). The Morgan fingerprint density at radius 1 is 1.11 bits per heavy atom. The maximum Gasteiger partial charge on any atom is 0.269 e. The van der Waals surface area contributed by atoms with Gasteiger partial charge in [-0.15, -0.1) is 0 Å². The largest absolute Gasteiger partial charge is 0.350 e. The van der Waals surface area contributed by atoms with E-state index < -0.39 is 15.9 Å². The molecule has 1 aliphatic rings. The van der Waals surface area contributed by atoms with Crippen LogP contribution in [0.5, 0.6) is 0 Å². The molecule has 0 saturated heterocycles. The highest BCUT2D eigenvalue weighted by atomic mass is 32.2. The topological polar surface area (TPSA) is 83.6 Å². The molecule has 7 heteroatoms. The molecule has 0 aromatic heterocycles. The molecule has 1 atom stereocenters. The molecule has 1 unspecified atom stereocenters. The van der Waals surface area contributed by atoms with Crippen molar-refractivity contribution < 1.29 is 18.0 Å². The van der Waals surface area contributed by atoms with Crippen LogP contribution in [0, 0.1) is 0 Å². The number of fused-ring (bicyclic) bond motifs is 1. The van der Waals surface area contributed by atoms with Crippen LogP contribution in [0.25, 0.3) is 0 Å². The second-order valence-electron chi connectivity index (χ2n) is 6.51. The number of benzene rings is 2. The molecule has 0 bridgehead atoms. The maximum atomic E-state index is 12.5. The number of carbonyl (C=O) groups is 2. The van der Waals surface area contributed by atoms with Crippen LogP contribution < -0.4 is 5.32 Å². The lowest BCUT2D eigenvalue weighted by Crippen LogP contribution is -2.35. The van der Waals surface area contributed by atoms with Crippen molar-refractivity contribution in [3.8, 4) is 0 Å². The first-order valence-electron chi connectivity index (χ1n) is 8.89. The predicted octanol–water partition coefficient (Wildman–Crippen LogP) is 2.66. The summed E-state index contributed by atoms with van der Waals surface area (Å²) in [4.78, 5) is 24.6. The van der Waals surface area contributed by atoms with Crippen molar-refractivity contribution in [2.24, 2.45) is 0 Å². The maximum absolute atomic E-state index is 12.5. The van der Waals surface area contributed by atoms with Gasteiger partial charge in [0.05, 0.1) is 11.6 Å². The standard InChI is InChI=1S/C20H22N2O4S/c1-3-15-8-10-16(11-9-15)14(2)21-19(23)12-13-22-20(24)17-6-4-5-7-18(17)27(22,25)26/h4-11,14H,3,12-13H2,1-2H3,(H,21,23). The molecule has 27 heavy (non-hydrogen) atoms. The van der Waals surface area contributed by atoms with Crippen molar-refractivity contribution in [2.75, 3.05) is 6.54 Å². The molecule has 2 aromatic rings. The van der Waals surface area contributed by atoms with E-state index in [9.17, 15) is 18.0 Å². The van der Waals surface area contributed by atoms with Gasteiger partial charge in [-0.3, -0.25) is 9.59 Å². The first-order chi connectivity index (χ1) is 12.8. The molecule has 0 saturated carbocycles. The van der Waals surface area contributed by atoms with E-state index in [1.54, 1.807) is 12.1 Å². The van der Waals surface area contributed by atoms with E-state index in [1.807, 2.05) is 31.2 Å². The lowest BCUT2D eigenvalue weighted by Gasteiger charge is -2.17. The third-order valence-electron chi connectivity index (χ3n) is 4.72. The van der Waals surface area contributed by atoms with Crippen LogP contribution in [0.2, 0.25) is 0 Å². The molecule has 0 aliphatic carbocycles. The van der Waals surface area contributed by atoms with Crippen molar-refractivity contribution in [3.63, 3.8) is 0 Å². The Labute approximate surface area is 159 Å². The summed E-state index contributed by atoms with van der Waals surface area (Å²) in [6.45, 7) is 3.77. The molecule has 142 valence electrons. The summed E-state index contributed by atoms with van der Waals surface area (Å²) in [5, 5.41) is 2.85. The van der Waals surface area contributed by atoms with Gasteiger partial charge < -0.3 is 5.32 Å². The van der Waals surface area contributed by atoms with Crippen LogP contribution in [0.15, 0.2) is 53.4 Å². The Bertz CT molecular complexity index is 968. The van der Waals surface area contributed by atoms with Gasteiger partial charge in [0, 0.05) is 13.0 Å². The average molecular weight is 386 g/mol. The molecule has 1 N–H and O–H groups in total. The fraction of sp³-hybridized carbons (Fsp3) is 0.300. The summed E-state index contributed by atoms with van der Waals surface area (Å²) in [5.74, 6) is -0.886. The van der Waals surface area contributed by atoms with Gasteiger partial charge in [-0.1, -0.05) is 43.3 Å². The average Bonchev–Trinajstić information content (AvgIpc) is 2.86. The van der Waals surface area contributed by atoms with Gasteiger partial charge in [0.2, 0.25) is 5.91 Å². The van der Waals surface area contributed by atoms with Gasteiger partial charge in [0.1, 0.15) is 4.90 Å². The van der Waals surface area contributed by atoms with E-state index in [0.29, 0.717) is 0 Å². The Hall–Kier alpha value is -2.67. The van der Waals surface area contributed by atoms with Crippen LogP contribution in [-0.2, 0) is 21.2 Å². The van der Waals surface area contributed by atoms with Gasteiger partial charge in [0.15, 0.2) is 0 Å². The van der Waals surface area contributed by atoms with Crippen molar-refractivity contribution in [1.29, 1.82) is 0 Å². The molecule has 0 fully saturated rings. The monoisotopic (exact) mass is 386 g/mol. The Balaban J connectivity index is 1.62. The Morgan fingerprint density at radius 3 is 2.41 bits per heavy atom. The van der Waals surface area contributed by atoms with E-state index in [2.05, 4.69) is 12.2 Å². The second-order valence-corrected chi connectivity index (χ2v) is 8.34. The fourth-order valence-electron chi connectivity index (χ4n) is 3.09. The van der Waals surface area contributed by atoms with Crippen molar-refractivity contribution in [3.05, 3.63) is 65.2 Å². The number of carbonyl (C=O) groups excluding carboxylic acids is 2. The Kier molecular flexibility index (Phi) is 5.32. The minimum atomic E-state index is -3.88. The first kappa shape index (κ1) is 19.1. The number of nitrogens with zero attached hydrogens (tertiary/aromatic N) is 1. The van der Waals surface area contributed by atoms with E-state index in [4.69, 9.17) is 0 Å². The highest BCUT2D eigenvalue weighted by molar-refractivity contribution is 7.90. The molecule has 6 nitrogen and oxygen atoms in total. The molecule has 2 amide bonds. The number of hydrogen-bond donors (Lipinski definition) is 1. The third-order valence-corrected chi connectivity index (χ3v) is 6.56. The van der Waals surface area contributed by atoms with Crippen molar-refractivity contribution >= 4 is 21.8 Å². The zero-order valence-electron chi connectivity index (χ0n) is 15.3. The Morgan fingerprint density at radius 2 is 1.78 bits per heavy atom. The third kappa shape index (κ3) is 3.73. The van der Waals surface area contributed by atoms with E-state index in [-0.39, 0.29) is 35.4 Å². The van der Waals surface area contributed by atoms with Gasteiger partial charge in [0.25, 0.3) is 15.9 Å². The molecule has 2 aromatic carbocycles. The number of sulfonamides is 1. The van der Waals surface area contributed by atoms with Crippen LogP contribution in [0.4, 0.5) is 0 Å². The highest BCUT2D eigenvalue weighted by Crippen LogP contribution is 2.29. The normalized spacial score (nSPS) is 16.1. The molecule has 1 aliphatic heterocycles. The number of nitrogens with one attached hydrogen (secondary N) is 1. The quantitative estimate of drug-likeness (QED) is 0.827. The van der Waals surface area contributed by atoms with E-state index >= 15 is 0 Å². The van der Waals surface area contributed by atoms with Gasteiger partial charge in [-0.05, 0) is 36.6 Å². The number of aryl methyl sites for hydroxylation is 1. The van der Waals surface area contributed by atoms with Gasteiger partial charge in [-0.25, -0.2) is 12.7 Å². The zero-order valence-corrected chi connectivity index (χ0v) is 16.1. The number of rotatable bonds is 6. The SMILES string of the molecule is CCc1ccc(C(C)NC(=O)CCN2C(=O)c3ccccc3S2(=O)=O)cc1. The van der Waals surface area contributed by atoms with E-state index in [0.717, 1.165) is 16.3 Å². The van der Waals surface area contributed by atoms with Crippen LogP contribution in [0.3, 0.4) is 0 Å². The predicted molar refractivity (Wildman–Crippen MR) is 102 cm³/mol. The van der Waals surface area contributed by atoms with Crippen molar-refractivity contribution in [2.45, 2.75) is 37.6 Å². The number of amides is 2. The van der Waals surface area contributed by atoms with Gasteiger partial charge in [-0.2, -0.15) is 0 Å². The number of hydrogen-bond acceptors (Lipinski definition) is 4. The fourth-order valence-corrected chi connectivity index (χ4v) is 4.66. The summed E-state index contributed by atoms with van der Waals surface area (Å²) in [7, 11) is -3.88. The minimum absolute atomic E-state index is 0.000194. The molecule has 1 heterocycles. The van der Waals surface area contributed by atoms with Gasteiger partial charge >= 0.3 is 0 Å². The molecule has 0 spiro atoms. The lowest BCUT2D eigenvalue weighted by atomic mass is 10.0. The zero-order chi connectivity index (χ0) is 19.6. The molecular formula is C20H22N2O4S. The summed E-state index contributed by atoms with van der Waals surface area (Å²) < 4.78 is 25.7. The van der Waals surface area contributed by atoms with Crippen LogP contribution in [-0.4, -0.2) is 31.1 Å². The first-order valence-corrected chi connectivity index (χ1v) is 10.3. The summed E-state index contributed by atoms with van der Waals surface area (Å²) in [5.41, 5.74) is 2.34. The lowest BCUT2D eigenvalue weighted by molar-refractivity contribution is -0.121. The van der Waals surface area contributed by atoms with Crippen molar-refractivity contribution in [1.82, 2.24) is 9.62 Å². The minimum Gasteiger partial charge on any atom is -0.350 e. The summed E-state index contributed by atoms with van der Waals surface area (Å²) in [6, 6.07) is 13.9. The van der Waals surface area contributed by atoms with Crippen LogP contribution >= 0.6 is 0 Å². The van der Waals surface area contributed by atoms with Crippen LogP contribution in [0.1, 0.15) is 47.8 Å². The summed E-state index contributed by atoms with van der Waals surface area (Å²) >= 11 is 0. The smallest absolute Gasteiger partial charge is 0.269 e. The highest BCUT2D eigenvalue weighted by Gasteiger charge is 2.40. The van der Waals surface area contributed by atoms with E-state index in [1.165, 1.54) is 17.7 Å². The second kappa shape index (κ2) is 7.52.